The minimum Gasteiger partial charge on any atom is -0.372 e. The molecule has 24 heavy (non-hydrogen) atoms. The number of hydrogen-bond donors (Lipinski definition) is 1. The van der Waals surface area contributed by atoms with Gasteiger partial charge in [0.05, 0.1) is 0 Å². The molecule has 0 bridgehead atoms. The fourth-order valence-electron chi connectivity index (χ4n) is 3.41. The van der Waals surface area contributed by atoms with Crippen molar-refractivity contribution in [3.63, 3.8) is 0 Å². The van der Waals surface area contributed by atoms with Crippen molar-refractivity contribution in [2.24, 2.45) is 0 Å². The Morgan fingerprint density at radius 1 is 1.04 bits per heavy atom. The molecule has 3 nitrogen and oxygen atoms in total. The molecule has 1 saturated carbocycles. The molecule has 0 atom stereocenters. The lowest BCUT2D eigenvalue weighted by atomic mass is 9.90. The molecular weight excluding hydrogens is 362 g/mol. The molecule has 0 radical (unpaired) electrons. The highest BCUT2D eigenvalue weighted by Gasteiger charge is 2.24. The van der Waals surface area contributed by atoms with E-state index >= 15 is 0 Å². The zero-order valence-electron chi connectivity index (χ0n) is 14.7. The topological polar surface area (TPSA) is 28.2 Å². The van der Waals surface area contributed by atoms with Gasteiger partial charge < -0.3 is 10.2 Å². The van der Waals surface area contributed by atoms with E-state index < -0.39 is 0 Å². The summed E-state index contributed by atoms with van der Waals surface area (Å²) in [5.74, 6) is 1.02. The third-order valence-corrected chi connectivity index (χ3v) is 5.73. The molecule has 1 aliphatic carbocycles. The number of hydrogen-bond acceptors (Lipinski definition) is 3. The first-order valence-electron chi connectivity index (χ1n) is 8.71. The van der Waals surface area contributed by atoms with Gasteiger partial charge in [-0.05, 0) is 81.0 Å². The second-order valence-corrected chi connectivity index (χ2v) is 7.81. The molecule has 0 unspecified atom stereocenters. The molecule has 128 valence electrons. The van der Waals surface area contributed by atoms with Gasteiger partial charge in [-0.3, -0.25) is 0 Å². The lowest BCUT2D eigenvalue weighted by molar-refractivity contribution is 0.399. The maximum absolute atomic E-state index is 4.52. The van der Waals surface area contributed by atoms with Gasteiger partial charge in [0.2, 0.25) is 0 Å². The van der Waals surface area contributed by atoms with Gasteiger partial charge in [0.25, 0.3) is 0 Å². The van der Waals surface area contributed by atoms with Gasteiger partial charge in [0.15, 0.2) is 0 Å². The van der Waals surface area contributed by atoms with Crippen molar-refractivity contribution in [3.05, 3.63) is 52.1 Å². The Morgan fingerprint density at radius 3 is 2.33 bits per heavy atom. The van der Waals surface area contributed by atoms with Crippen molar-refractivity contribution in [1.29, 1.82) is 0 Å². The fourth-order valence-corrected chi connectivity index (χ4v) is 3.67. The van der Waals surface area contributed by atoms with Crippen molar-refractivity contribution in [2.45, 2.75) is 51.6 Å². The highest BCUT2D eigenvalue weighted by Crippen LogP contribution is 2.28. The van der Waals surface area contributed by atoms with E-state index in [0.717, 1.165) is 10.3 Å². The highest BCUT2D eigenvalue weighted by molar-refractivity contribution is 9.10. The summed E-state index contributed by atoms with van der Waals surface area (Å²) in [7, 11) is 2.21. The lowest BCUT2D eigenvalue weighted by Gasteiger charge is -2.36. The second kappa shape index (κ2) is 7.56. The van der Waals surface area contributed by atoms with Crippen LogP contribution in [-0.2, 0) is 0 Å². The SMILES string of the molecule is Cc1cnc(NC2CCC(N(C)c3ccc(Br)cc3)CC2)cc1C. The van der Waals surface area contributed by atoms with Crippen molar-refractivity contribution < 1.29 is 0 Å². The Morgan fingerprint density at radius 2 is 1.71 bits per heavy atom. The maximum Gasteiger partial charge on any atom is 0.126 e. The molecule has 4 heteroatoms. The van der Waals surface area contributed by atoms with E-state index in [2.05, 4.69) is 82.4 Å². The molecule has 3 rings (SSSR count). The minimum atomic E-state index is 0.536. The highest BCUT2D eigenvalue weighted by atomic mass is 79.9. The summed E-state index contributed by atoms with van der Waals surface area (Å²) in [6, 6.07) is 11.9. The molecule has 1 fully saturated rings. The Hall–Kier alpha value is -1.55. The molecule has 2 aromatic rings. The van der Waals surface area contributed by atoms with Gasteiger partial charge in [0, 0.05) is 35.5 Å². The molecule has 1 aromatic heterocycles. The van der Waals surface area contributed by atoms with E-state index in [1.807, 2.05) is 6.20 Å². The lowest BCUT2D eigenvalue weighted by Crippen LogP contribution is -2.38. The van der Waals surface area contributed by atoms with Gasteiger partial charge in [-0.1, -0.05) is 15.9 Å². The van der Waals surface area contributed by atoms with Crippen molar-refractivity contribution in [2.75, 3.05) is 17.3 Å². The molecule has 0 aliphatic heterocycles. The van der Waals surface area contributed by atoms with Crippen LogP contribution in [0.25, 0.3) is 0 Å². The van der Waals surface area contributed by atoms with E-state index in [9.17, 15) is 0 Å². The molecule has 1 heterocycles. The van der Waals surface area contributed by atoms with Crippen LogP contribution in [0.4, 0.5) is 11.5 Å². The van der Waals surface area contributed by atoms with Crippen LogP contribution in [-0.4, -0.2) is 24.1 Å². The van der Waals surface area contributed by atoms with Crippen molar-refractivity contribution in [1.82, 2.24) is 4.98 Å². The van der Waals surface area contributed by atoms with Gasteiger partial charge >= 0.3 is 0 Å². The summed E-state index contributed by atoms with van der Waals surface area (Å²) in [6.45, 7) is 4.25. The van der Waals surface area contributed by atoms with Crippen LogP contribution in [0.2, 0.25) is 0 Å². The summed E-state index contributed by atoms with van der Waals surface area (Å²) in [4.78, 5) is 6.94. The zero-order valence-corrected chi connectivity index (χ0v) is 16.3. The number of rotatable bonds is 4. The summed E-state index contributed by atoms with van der Waals surface area (Å²) >= 11 is 3.51. The largest absolute Gasteiger partial charge is 0.372 e. The third-order valence-electron chi connectivity index (χ3n) is 5.20. The van der Waals surface area contributed by atoms with Gasteiger partial charge in [-0.2, -0.15) is 0 Å². The molecule has 1 aliphatic rings. The molecule has 0 spiro atoms. The molecular formula is C20H26BrN3. The Labute approximate surface area is 153 Å². The van der Waals surface area contributed by atoms with Crippen molar-refractivity contribution in [3.8, 4) is 0 Å². The van der Waals surface area contributed by atoms with Crippen molar-refractivity contribution >= 4 is 27.4 Å². The van der Waals surface area contributed by atoms with Crippen LogP contribution in [0.5, 0.6) is 0 Å². The molecule has 1 aromatic carbocycles. The summed E-state index contributed by atoms with van der Waals surface area (Å²) in [5.41, 5.74) is 3.85. The third kappa shape index (κ3) is 4.10. The predicted octanol–water partition coefficient (Wildman–Crippen LogP) is 5.32. The number of aromatic nitrogens is 1. The number of nitrogens with zero attached hydrogens (tertiary/aromatic N) is 2. The molecule has 1 N–H and O–H groups in total. The summed E-state index contributed by atoms with van der Waals surface area (Å²) in [6.07, 6.45) is 6.79. The van der Waals surface area contributed by atoms with Gasteiger partial charge in [-0.15, -0.1) is 0 Å². The molecule has 0 amide bonds. The van der Waals surface area contributed by atoms with E-state index in [0.29, 0.717) is 12.1 Å². The quantitative estimate of drug-likeness (QED) is 0.768. The van der Waals surface area contributed by atoms with Gasteiger partial charge in [-0.25, -0.2) is 4.98 Å². The van der Waals surface area contributed by atoms with Crippen LogP contribution in [0, 0.1) is 13.8 Å². The normalized spacial score (nSPS) is 20.7. The standard InChI is InChI=1S/C20H26BrN3/c1-14-12-20(22-13-15(14)2)23-17-6-10-19(11-7-17)24(3)18-8-4-16(21)5-9-18/h4-5,8-9,12-13,17,19H,6-7,10-11H2,1-3H3,(H,22,23). The maximum atomic E-state index is 4.52. The van der Waals surface area contributed by atoms with E-state index in [4.69, 9.17) is 0 Å². The minimum absolute atomic E-state index is 0.536. The average molecular weight is 388 g/mol. The monoisotopic (exact) mass is 387 g/mol. The van der Waals surface area contributed by atoms with Gasteiger partial charge in [0.1, 0.15) is 5.82 Å². The number of halogens is 1. The van der Waals surface area contributed by atoms with E-state index in [1.165, 1.54) is 42.5 Å². The summed E-state index contributed by atoms with van der Waals surface area (Å²) < 4.78 is 1.13. The van der Waals surface area contributed by atoms with E-state index in [1.54, 1.807) is 0 Å². The van der Waals surface area contributed by atoms with E-state index in [-0.39, 0.29) is 0 Å². The fraction of sp³-hybridized carbons (Fsp3) is 0.450. The number of anilines is 2. The van der Waals surface area contributed by atoms with Crippen LogP contribution in [0.3, 0.4) is 0 Å². The first-order valence-corrected chi connectivity index (χ1v) is 9.50. The van der Waals surface area contributed by atoms with Crippen LogP contribution in [0.15, 0.2) is 41.0 Å². The second-order valence-electron chi connectivity index (χ2n) is 6.89. The number of benzene rings is 1. The number of pyridine rings is 1. The van der Waals surface area contributed by atoms with Crippen LogP contribution in [0.1, 0.15) is 36.8 Å². The Balaban J connectivity index is 1.55. The van der Waals surface area contributed by atoms with Crippen LogP contribution < -0.4 is 10.2 Å². The number of nitrogens with one attached hydrogen (secondary N) is 1. The van der Waals surface area contributed by atoms with Crippen LogP contribution >= 0.6 is 15.9 Å². The smallest absolute Gasteiger partial charge is 0.126 e. The number of aryl methyl sites for hydroxylation is 2. The first kappa shape index (κ1) is 17.3. The average Bonchev–Trinajstić information content (AvgIpc) is 2.59. The Kier molecular flexibility index (Phi) is 5.44. The molecule has 0 saturated heterocycles. The Bertz CT molecular complexity index is 676. The predicted molar refractivity (Wildman–Crippen MR) is 106 cm³/mol. The zero-order chi connectivity index (χ0) is 17.1. The first-order chi connectivity index (χ1) is 11.5. The summed E-state index contributed by atoms with van der Waals surface area (Å²) in [5, 5.41) is 3.62.